The Hall–Kier alpha value is -1.78. The van der Waals surface area contributed by atoms with Crippen molar-refractivity contribution < 1.29 is 26.7 Å². The molecule has 0 unspecified atom stereocenters. The molecule has 1 aromatic carbocycles. The summed E-state index contributed by atoms with van der Waals surface area (Å²) < 4.78 is 56.8. The molecule has 0 bridgehead atoms. The van der Waals surface area contributed by atoms with Crippen LogP contribution in [0.5, 0.6) is 0 Å². The molecule has 0 saturated carbocycles. The van der Waals surface area contributed by atoms with Gasteiger partial charge in [-0.15, -0.1) is 0 Å². The molecule has 0 atom stereocenters. The maximum atomic E-state index is 13.6. The van der Waals surface area contributed by atoms with Gasteiger partial charge in [-0.1, -0.05) is 0 Å². The van der Waals surface area contributed by atoms with Crippen LogP contribution in [0.1, 0.15) is 0 Å². The van der Waals surface area contributed by atoms with E-state index in [1.54, 1.807) is 0 Å². The number of sulfonamides is 1. The van der Waals surface area contributed by atoms with Crippen molar-refractivity contribution in [2.45, 2.75) is 4.90 Å². The second-order valence-corrected chi connectivity index (χ2v) is 5.68. The molecule has 10 heteroatoms. The first kappa shape index (κ1) is 17.3. The second kappa shape index (κ2) is 7.29. The first-order chi connectivity index (χ1) is 9.79. The van der Waals surface area contributed by atoms with Crippen LogP contribution < -0.4 is 15.8 Å². The summed E-state index contributed by atoms with van der Waals surface area (Å²) in [5.74, 6) is -3.09. The Morgan fingerprint density at radius 3 is 2.67 bits per heavy atom. The van der Waals surface area contributed by atoms with Gasteiger partial charge in [0, 0.05) is 13.7 Å². The molecule has 0 aliphatic heterocycles. The van der Waals surface area contributed by atoms with Crippen LogP contribution in [0.3, 0.4) is 0 Å². The summed E-state index contributed by atoms with van der Waals surface area (Å²) in [4.78, 5) is 10.5. The van der Waals surface area contributed by atoms with Gasteiger partial charge in [-0.2, -0.15) is 0 Å². The van der Waals surface area contributed by atoms with Gasteiger partial charge < -0.3 is 15.8 Å². The number of rotatable bonds is 7. The van der Waals surface area contributed by atoms with E-state index in [0.717, 1.165) is 12.1 Å². The van der Waals surface area contributed by atoms with Crippen molar-refractivity contribution in [2.75, 3.05) is 32.5 Å². The Bertz CT molecular complexity index is 622. The van der Waals surface area contributed by atoms with E-state index in [9.17, 15) is 22.0 Å². The van der Waals surface area contributed by atoms with Crippen molar-refractivity contribution in [1.82, 2.24) is 10.0 Å². The molecule has 0 radical (unpaired) electrons. The van der Waals surface area contributed by atoms with E-state index in [-0.39, 0.29) is 13.2 Å². The van der Waals surface area contributed by atoms with Crippen molar-refractivity contribution in [3.8, 4) is 0 Å². The topological polar surface area (TPSA) is 111 Å². The highest BCUT2D eigenvalue weighted by molar-refractivity contribution is 7.89. The Labute approximate surface area is 120 Å². The number of hydrogen-bond acceptors (Lipinski definition) is 5. The van der Waals surface area contributed by atoms with Crippen LogP contribution >= 0.6 is 0 Å². The number of carbonyl (C=O) groups is 1. The molecule has 7 nitrogen and oxygen atoms in total. The molecular formula is C11H15F2N3O4S. The van der Waals surface area contributed by atoms with Gasteiger partial charge in [-0.3, -0.25) is 4.79 Å². The molecular weight excluding hydrogens is 308 g/mol. The fourth-order valence-corrected chi connectivity index (χ4v) is 2.42. The number of benzene rings is 1. The standard InChI is InChI=1S/C11H15F2N3O4S/c1-20-5-4-15-9(17)6-16-21(18,19)8-3-2-7(12)11(14)10(8)13/h2-3,16H,4-6,14H2,1H3,(H,15,17). The Kier molecular flexibility index (Phi) is 6.00. The summed E-state index contributed by atoms with van der Waals surface area (Å²) in [7, 11) is -2.88. The van der Waals surface area contributed by atoms with E-state index in [4.69, 9.17) is 10.5 Å². The van der Waals surface area contributed by atoms with Gasteiger partial charge in [0.25, 0.3) is 0 Å². The number of ether oxygens (including phenoxy) is 1. The number of hydrogen-bond donors (Lipinski definition) is 3. The zero-order chi connectivity index (χ0) is 16.0. The molecule has 0 spiro atoms. The minimum absolute atomic E-state index is 0.203. The maximum absolute atomic E-state index is 13.6. The van der Waals surface area contributed by atoms with Crippen LogP contribution in [0.25, 0.3) is 0 Å². The highest BCUT2D eigenvalue weighted by Gasteiger charge is 2.23. The Morgan fingerprint density at radius 1 is 1.38 bits per heavy atom. The molecule has 1 amide bonds. The molecule has 21 heavy (non-hydrogen) atoms. The molecule has 0 heterocycles. The fourth-order valence-electron chi connectivity index (χ4n) is 1.35. The maximum Gasteiger partial charge on any atom is 0.244 e. The molecule has 0 aromatic heterocycles. The van der Waals surface area contributed by atoms with Crippen LogP contribution in [0.15, 0.2) is 17.0 Å². The number of methoxy groups -OCH3 is 1. The van der Waals surface area contributed by atoms with Gasteiger partial charge in [0.2, 0.25) is 15.9 Å². The third kappa shape index (κ3) is 4.62. The van der Waals surface area contributed by atoms with Crippen LogP contribution in [0, 0.1) is 11.6 Å². The molecule has 1 aromatic rings. The third-order valence-corrected chi connectivity index (χ3v) is 3.85. The van der Waals surface area contributed by atoms with E-state index >= 15 is 0 Å². The summed E-state index contributed by atoms with van der Waals surface area (Å²) in [6.07, 6.45) is 0. The molecule has 0 fully saturated rings. The number of nitrogens with two attached hydrogens (primary N) is 1. The van der Waals surface area contributed by atoms with Crippen molar-refractivity contribution in [1.29, 1.82) is 0 Å². The second-order valence-electron chi connectivity index (χ2n) is 3.94. The number of anilines is 1. The van der Waals surface area contributed by atoms with Crippen molar-refractivity contribution in [3.63, 3.8) is 0 Å². The summed E-state index contributed by atoms with van der Waals surface area (Å²) in [5.41, 5.74) is 4.18. The minimum Gasteiger partial charge on any atom is -0.394 e. The highest BCUT2D eigenvalue weighted by atomic mass is 32.2. The molecule has 0 saturated heterocycles. The monoisotopic (exact) mass is 323 g/mol. The molecule has 0 aliphatic carbocycles. The van der Waals surface area contributed by atoms with E-state index in [2.05, 4.69) is 5.32 Å². The van der Waals surface area contributed by atoms with Gasteiger partial charge >= 0.3 is 0 Å². The lowest BCUT2D eigenvalue weighted by atomic mass is 10.3. The van der Waals surface area contributed by atoms with E-state index in [1.807, 2.05) is 4.72 Å². The van der Waals surface area contributed by atoms with E-state index in [1.165, 1.54) is 7.11 Å². The fraction of sp³-hybridized carbons (Fsp3) is 0.364. The van der Waals surface area contributed by atoms with Crippen molar-refractivity contribution in [2.24, 2.45) is 0 Å². The Balaban J connectivity index is 2.75. The van der Waals surface area contributed by atoms with Crippen molar-refractivity contribution in [3.05, 3.63) is 23.8 Å². The quantitative estimate of drug-likeness (QED) is 0.467. The third-order valence-electron chi connectivity index (χ3n) is 2.43. The zero-order valence-electron chi connectivity index (χ0n) is 11.2. The van der Waals surface area contributed by atoms with Crippen LogP contribution in [0.4, 0.5) is 14.5 Å². The Morgan fingerprint density at radius 2 is 2.05 bits per heavy atom. The average Bonchev–Trinajstić information content (AvgIpc) is 2.43. The normalized spacial score (nSPS) is 11.4. The number of halogens is 2. The van der Waals surface area contributed by atoms with Crippen LogP contribution in [-0.4, -0.2) is 41.1 Å². The lowest BCUT2D eigenvalue weighted by Crippen LogP contribution is -2.38. The summed E-state index contributed by atoms with van der Waals surface area (Å²) in [6, 6.07) is 1.46. The van der Waals surface area contributed by atoms with Gasteiger partial charge in [-0.05, 0) is 12.1 Å². The first-order valence-corrected chi connectivity index (χ1v) is 7.26. The van der Waals surface area contributed by atoms with Crippen LogP contribution in [-0.2, 0) is 19.6 Å². The van der Waals surface area contributed by atoms with Crippen molar-refractivity contribution >= 4 is 21.6 Å². The van der Waals surface area contributed by atoms with E-state index < -0.39 is 44.7 Å². The SMILES string of the molecule is COCCNC(=O)CNS(=O)(=O)c1ccc(F)c(N)c1F. The van der Waals surface area contributed by atoms with Crippen LogP contribution in [0.2, 0.25) is 0 Å². The molecule has 118 valence electrons. The summed E-state index contributed by atoms with van der Waals surface area (Å²) in [6.45, 7) is -0.126. The summed E-state index contributed by atoms with van der Waals surface area (Å²) in [5, 5.41) is 2.37. The zero-order valence-corrected chi connectivity index (χ0v) is 12.0. The smallest absolute Gasteiger partial charge is 0.244 e. The molecule has 4 N–H and O–H groups in total. The van der Waals surface area contributed by atoms with E-state index in [0.29, 0.717) is 0 Å². The first-order valence-electron chi connectivity index (χ1n) is 5.78. The number of carbonyl (C=O) groups excluding carboxylic acids is 1. The number of nitrogen functional groups attached to an aromatic ring is 1. The predicted octanol–water partition coefficient (Wildman–Crippen LogP) is -0.412. The molecule has 1 rings (SSSR count). The average molecular weight is 323 g/mol. The number of nitrogens with one attached hydrogen (secondary N) is 2. The predicted molar refractivity (Wildman–Crippen MR) is 70.8 cm³/mol. The van der Waals surface area contributed by atoms with Gasteiger partial charge in [0.1, 0.15) is 16.4 Å². The largest absolute Gasteiger partial charge is 0.394 e. The van der Waals surface area contributed by atoms with Gasteiger partial charge in [0.05, 0.1) is 13.2 Å². The minimum atomic E-state index is -4.32. The lowest BCUT2D eigenvalue weighted by molar-refractivity contribution is -0.120. The van der Waals surface area contributed by atoms with Gasteiger partial charge in [-0.25, -0.2) is 21.9 Å². The number of amides is 1. The van der Waals surface area contributed by atoms with Gasteiger partial charge in [0.15, 0.2) is 5.82 Å². The highest BCUT2D eigenvalue weighted by Crippen LogP contribution is 2.22. The molecule has 0 aliphatic rings. The lowest BCUT2D eigenvalue weighted by Gasteiger charge is -2.09. The summed E-state index contributed by atoms with van der Waals surface area (Å²) >= 11 is 0.